The molecule has 0 amide bonds. The molecule has 4 atom stereocenters. The van der Waals surface area contributed by atoms with E-state index in [1.807, 2.05) is 0 Å². The summed E-state index contributed by atoms with van der Waals surface area (Å²) in [5, 5.41) is 0. The van der Waals surface area contributed by atoms with Gasteiger partial charge in [0.2, 0.25) is 0 Å². The molecule has 1 fully saturated rings. The highest BCUT2D eigenvalue weighted by Crippen LogP contribution is 2.48. The maximum absolute atomic E-state index is 2.40. The zero-order valence-corrected chi connectivity index (χ0v) is 11.3. The first-order valence-electron chi connectivity index (χ1n) is 7.28. The molecule has 0 heterocycles. The topological polar surface area (TPSA) is 0 Å². The van der Waals surface area contributed by atoms with Gasteiger partial charge in [0.15, 0.2) is 0 Å². The molecule has 0 radical (unpaired) electrons. The van der Waals surface area contributed by atoms with Crippen molar-refractivity contribution in [2.75, 3.05) is 0 Å². The fourth-order valence-electron chi connectivity index (χ4n) is 3.94. The van der Waals surface area contributed by atoms with Crippen molar-refractivity contribution in [1.82, 2.24) is 0 Å². The molecule has 0 bridgehead atoms. The average molecular weight is 210 g/mol. The van der Waals surface area contributed by atoms with Crippen molar-refractivity contribution in [2.24, 2.45) is 23.7 Å². The molecule has 1 aliphatic carbocycles. The first kappa shape index (κ1) is 13.1. The van der Waals surface area contributed by atoms with Crippen LogP contribution in [0.3, 0.4) is 0 Å². The van der Waals surface area contributed by atoms with Crippen LogP contribution in [0.5, 0.6) is 0 Å². The van der Waals surface area contributed by atoms with Gasteiger partial charge in [-0.05, 0) is 30.1 Å². The van der Waals surface area contributed by atoms with E-state index in [0.717, 1.165) is 23.7 Å². The number of hydrogen-bond acceptors (Lipinski definition) is 0. The quantitative estimate of drug-likeness (QED) is 0.560. The van der Waals surface area contributed by atoms with E-state index in [9.17, 15) is 0 Å². The minimum absolute atomic E-state index is 1.05. The fraction of sp³-hybridized carbons (Fsp3) is 1.00. The molecule has 0 aromatic heterocycles. The van der Waals surface area contributed by atoms with E-state index in [1.54, 1.807) is 0 Å². The molecule has 1 aliphatic rings. The summed E-state index contributed by atoms with van der Waals surface area (Å²) in [4.78, 5) is 0. The highest BCUT2D eigenvalue weighted by molar-refractivity contribution is 4.89. The van der Waals surface area contributed by atoms with Crippen molar-refractivity contribution in [1.29, 1.82) is 0 Å². The summed E-state index contributed by atoms with van der Waals surface area (Å²) in [7, 11) is 0. The maximum Gasteiger partial charge on any atom is -0.0355 e. The highest BCUT2D eigenvalue weighted by atomic mass is 14.4. The van der Waals surface area contributed by atoms with Crippen LogP contribution in [0.4, 0.5) is 0 Å². The van der Waals surface area contributed by atoms with E-state index in [2.05, 4.69) is 27.7 Å². The Morgan fingerprint density at radius 3 is 1.40 bits per heavy atom. The van der Waals surface area contributed by atoms with E-state index in [1.165, 1.54) is 44.9 Å². The normalized spacial score (nSPS) is 36.0. The van der Waals surface area contributed by atoms with Gasteiger partial charge in [0.05, 0.1) is 0 Å². The maximum atomic E-state index is 2.40. The first-order valence-corrected chi connectivity index (χ1v) is 7.28. The van der Waals surface area contributed by atoms with Crippen molar-refractivity contribution in [3.8, 4) is 0 Å². The van der Waals surface area contributed by atoms with E-state index >= 15 is 0 Å². The van der Waals surface area contributed by atoms with Crippen molar-refractivity contribution in [3.05, 3.63) is 0 Å². The minimum atomic E-state index is 1.05. The van der Waals surface area contributed by atoms with E-state index in [-0.39, 0.29) is 0 Å². The molecular weight excluding hydrogens is 180 g/mol. The molecule has 0 spiro atoms. The average Bonchev–Trinajstić information content (AvgIpc) is 2.58. The van der Waals surface area contributed by atoms with Crippen molar-refractivity contribution in [2.45, 2.75) is 72.6 Å². The van der Waals surface area contributed by atoms with Gasteiger partial charge in [0, 0.05) is 0 Å². The van der Waals surface area contributed by atoms with Gasteiger partial charge in [-0.25, -0.2) is 0 Å². The number of rotatable bonds is 6. The summed E-state index contributed by atoms with van der Waals surface area (Å²) in [5.74, 6) is 4.22. The molecule has 0 aromatic carbocycles. The molecule has 90 valence electrons. The van der Waals surface area contributed by atoms with Gasteiger partial charge < -0.3 is 0 Å². The highest BCUT2D eigenvalue weighted by Gasteiger charge is 2.39. The molecule has 4 unspecified atom stereocenters. The Labute approximate surface area is 96.8 Å². The lowest BCUT2D eigenvalue weighted by Crippen LogP contribution is -2.17. The van der Waals surface area contributed by atoms with Crippen molar-refractivity contribution < 1.29 is 0 Å². The van der Waals surface area contributed by atoms with E-state index in [0.29, 0.717) is 0 Å². The van der Waals surface area contributed by atoms with Gasteiger partial charge in [-0.2, -0.15) is 0 Å². The Morgan fingerprint density at radius 2 is 1.13 bits per heavy atom. The minimum Gasteiger partial charge on any atom is -0.0654 e. The zero-order valence-electron chi connectivity index (χ0n) is 11.3. The van der Waals surface area contributed by atoms with Gasteiger partial charge in [0.1, 0.15) is 0 Å². The van der Waals surface area contributed by atoms with Crippen LogP contribution in [-0.4, -0.2) is 0 Å². The molecule has 0 heteroatoms. The monoisotopic (exact) mass is 210 g/mol. The molecular formula is C15H30. The molecule has 15 heavy (non-hydrogen) atoms. The molecule has 0 aliphatic heterocycles. The predicted molar refractivity (Wildman–Crippen MR) is 69.0 cm³/mol. The number of hydrogen-bond donors (Lipinski definition) is 0. The van der Waals surface area contributed by atoms with Crippen molar-refractivity contribution in [3.63, 3.8) is 0 Å². The Balaban J connectivity index is 2.65. The van der Waals surface area contributed by atoms with E-state index < -0.39 is 0 Å². The third kappa shape index (κ3) is 2.98. The van der Waals surface area contributed by atoms with Crippen LogP contribution in [0.2, 0.25) is 0 Å². The van der Waals surface area contributed by atoms with Crippen LogP contribution in [-0.2, 0) is 0 Å². The lowest BCUT2D eigenvalue weighted by atomic mass is 9.80. The summed E-state index contributed by atoms with van der Waals surface area (Å²) >= 11 is 0. The summed E-state index contributed by atoms with van der Waals surface area (Å²) in [6.45, 7) is 9.51. The third-order valence-electron chi connectivity index (χ3n) is 4.66. The summed E-state index contributed by atoms with van der Waals surface area (Å²) in [5.41, 5.74) is 0. The first-order chi connectivity index (χ1) is 7.28. The Hall–Kier alpha value is 0. The largest absolute Gasteiger partial charge is 0.0654 e. The summed E-state index contributed by atoms with van der Waals surface area (Å²) in [6, 6.07) is 0. The second kappa shape index (κ2) is 6.55. The summed E-state index contributed by atoms with van der Waals surface area (Å²) < 4.78 is 0. The smallest absolute Gasteiger partial charge is 0.0355 e. The van der Waals surface area contributed by atoms with Crippen LogP contribution in [0.25, 0.3) is 0 Å². The lowest BCUT2D eigenvalue weighted by molar-refractivity contribution is 0.242. The predicted octanol–water partition coefficient (Wildman–Crippen LogP) is 5.28. The summed E-state index contributed by atoms with van der Waals surface area (Å²) in [6.07, 6.45) is 10.1. The molecule has 0 saturated heterocycles. The third-order valence-corrected chi connectivity index (χ3v) is 4.66. The van der Waals surface area contributed by atoms with Gasteiger partial charge >= 0.3 is 0 Å². The van der Waals surface area contributed by atoms with Gasteiger partial charge in [-0.1, -0.05) is 66.2 Å². The van der Waals surface area contributed by atoms with Gasteiger partial charge in [-0.15, -0.1) is 0 Å². The van der Waals surface area contributed by atoms with E-state index in [4.69, 9.17) is 0 Å². The van der Waals surface area contributed by atoms with Crippen molar-refractivity contribution >= 4 is 0 Å². The zero-order chi connectivity index (χ0) is 11.3. The SMILES string of the molecule is CCCC1C(CC)CC(CC)C1CCC. The standard InChI is InChI=1S/C15H30/c1-5-9-14-12(7-3)11-13(8-4)15(14)10-6-2/h12-15H,5-11H2,1-4H3. The lowest BCUT2D eigenvalue weighted by Gasteiger charge is -2.25. The second-order valence-corrected chi connectivity index (χ2v) is 5.48. The molecule has 1 saturated carbocycles. The Kier molecular flexibility index (Phi) is 5.71. The second-order valence-electron chi connectivity index (χ2n) is 5.48. The molecule has 0 aromatic rings. The Morgan fingerprint density at radius 1 is 0.733 bits per heavy atom. The Bertz CT molecular complexity index is 143. The van der Waals surface area contributed by atoms with Crippen LogP contribution in [0.15, 0.2) is 0 Å². The van der Waals surface area contributed by atoms with Crippen LogP contribution in [0, 0.1) is 23.7 Å². The molecule has 0 N–H and O–H groups in total. The molecule has 0 nitrogen and oxygen atoms in total. The van der Waals surface area contributed by atoms with Crippen LogP contribution < -0.4 is 0 Å². The van der Waals surface area contributed by atoms with Gasteiger partial charge in [0.25, 0.3) is 0 Å². The molecule has 1 rings (SSSR count). The fourth-order valence-corrected chi connectivity index (χ4v) is 3.94. The van der Waals surface area contributed by atoms with Crippen LogP contribution >= 0.6 is 0 Å². The van der Waals surface area contributed by atoms with Gasteiger partial charge in [-0.3, -0.25) is 0 Å². The van der Waals surface area contributed by atoms with Crippen LogP contribution in [0.1, 0.15) is 72.6 Å².